The van der Waals surface area contributed by atoms with Gasteiger partial charge in [0, 0.05) is 23.1 Å². The summed E-state index contributed by atoms with van der Waals surface area (Å²) in [5.74, 6) is 0.686. The second kappa shape index (κ2) is 10.6. The minimum Gasteiger partial charge on any atom is -0.483 e. The summed E-state index contributed by atoms with van der Waals surface area (Å²) in [6, 6.07) is 5.84. The van der Waals surface area contributed by atoms with Gasteiger partial charge in [0.2, 0.25) is 0 Å². The Morgan fingerprint density at radius 2 is 2.05 bits per heavy atom. The van der Waals surface area contributed by atoms with E-state index in [4.69, 9.17) is 4.74 Å². The Bertz CT molecular complexity index is 438. The van der Waals surface area contributed by atoms with Crippen molar-refractivity contribution in [2.24, 2.45) is 0 Å². The summed E-state index contributed by atoms with van der Waals surface area (Å²) in [6.45, 7) is 6.70. The van der Waals surface area contributed by atoms with Crippen LogP contribution in [0.3, 0.4) is 0 Å². The molecule has 0 heterocycles. The van der Waals surface area contributed by atoms with Gasteiger partial charge in [-0.25, -0.2) is 0 Å². The fraction of sp³-hybridized carbons (Fsp3) is 0.562. The van der Waals surface area contributed by atoms with E-state index in [1.165, 1.54) is 0 Å². The maximum absolute atomic E-state index is 11.7. The van der Waals surface area contributed by atoms with Gasteiger partial charge in [-0.1, -0.05) is 36.2 Å². The molecule has 1 aromatic carbocycles. The average molecular weight is 357 g/mol. The second-order valence-electron chi connectivity index (χ2n) is 4.92. The predicted octanol–water partition coefficient (Wildman–Crippen LogP) is 3.24. The van der Waals surface area contributed by atoms with E-state index < -0.39 is 0 Å². The van der Waals surface area contributed by atoms with Crippen LogP contribution < -0.4 is 15.4 Å². The molecule has 0 aliphatic rings. The number of nitrogens with one attached hydrogen (secondary N) is 2. The van der Waals surface area contributed by atoms with Crippen LogP contribution in [-0.4, -0.2) is 25.6 Å². The molecule has 0 aliphatic heterocycles. The van der Waals surface area contributed by atoms with Gasteiger partial charge >= 0.3 is 0 Å². The van der Waals surface area contributed by atoms with Gasteiger partial charge < -0.3 is 15.4 Å². The summed E-state index contributed by atoms with van der Waals surface area (Å²) >= 11 is 3.46. The van der Waals surface area contributed by atoms with E-state index in [2.05, 4.69) is 40.4 Å². The molecule has 0 radical (unpaired) electrons. The lowest BCUT2D eigenvalue weighted by atomic mass is 10.2. The molecule has 1 aromatic rings. The summed E-state index contributed by atoms with van der Waals surface area (Å²) in [7, 11) is 0. The number of ether oxygens (including phenoxy) is 1. The molecule has 0 saturated carbocycles. The highest BCUT2D eigenvalue weighted by atomic mass is 79.9. The number of rotatable bonds is 10. The van der Waals surface area contributed by atoms with Crippen LogP contribution in [0.4, 0.5) is 0 Å². The van der Waals surface area contributed by atoms with Crippen LogP contribution in [0.5, 0.6) is 5.75 Å². The zero-order chi connectivity index (χ0) is 15.5. The molecule has 0 atom stereocenters. The standard InChI is InChI=1S/C16H25BrN2O2/c1-3-5-9-19-16(20)12-21-15-7-6-14(17)10-13(15)11-18-8-4-2/h6-7,10,18H,3-5,8-9,11-12H2,1-2H3,(H,19,20). The van der Waals surface area contributed by atoms with Crippen molar-refractivity contribution in [3.05, 3.63) is 28.2 Å². The first-order valence-corrected chi connectivity index (χ1v) is 8.35. The Balaban J connectivity index is 2.50. The lowest BCUT2D eigenvalue weighted by Crippen LogP contribution is -2.29. The summed E-state index contributed by atoms with van der Waals surface area (Å²) in [5.41, 5.74) is 1.05. The van der Waals surface area contributed by atoms with Gasteiger partial charge in [0.05, 0.1) is 0 Å². The molecule has 2 N–H and O–H groups in total. The fourth-order valence-electron chi connectivity index (χ4n) is 1.83. The number of hydrogen-bond donors (Lipinski definition) is 2. The predicted molar refractivity (Wildman–Crippen MR) is 89.6 cm³/mol. The molecule has 5 heteroatoms. The molecule has 21 heavy (non-hydrogen) atoms. The third-order valence-corrected chi connectivity index (χ3v) is 3.47. The molecule has 0 unspecified atom stereocenters. The third-order valence-electron chi connectivity index (χ3n) is 2.98. The van der Waals surface area contributed by atoms with Gasteiger partial charge in [-0.2, -0.15) is 0 Å². The van der Waals surface area contributed by atoms with E-state index in [0.717, 1.165) is 48.1 Å². The molecule has 4 nitrogen and oxygen atoms in total. The van der Waals surface area contributed by atoms with E-state index in [0.29, 0.717) is 6.54 Å². The van der Waals surface area contributed by atoms with E-state index >= 15 is 0 Å². The molecule has 0 saturated heterocycles. The third kappa shape index (κ3) is 7.48. The number of halogens is 1. The molecule has 0 bridgehead atoms. The van der Waals surface area contributed by atoms with Crippen LogP contribution in [0.2, 0.25) is 0 Å². The van der Waals surface area contributed by atoms with Crippen LogP contribution in [-0.2, 0) is 11.3 Å². The largest absolute Gasteiger partial charge is 0.483 e. The Morgan fingerprint density at radius 1 is 1.24 bits per heavy atom. The van der Waals surface area contributed by atoms with Crippen molar-refractivity contribution in [2.75, 3.05) is 19.7 Å². The molecule has 118 valence electrons. The maximum Gasteiger partial charge on any atom is 0.257 e. The van der Waals surface area contributed by atoms with Gasteiger partial charge in [-0.05, 0) is 37.6 Å². The molecule has 0 spiro atoms. The first kappa shape index (κ1) is 18.0. The van der Waals surface area contributed by atoms with Crippen LogP contribution in [0, 0.1) is 0 Å². The van der Waals surface area contributed by atoms with Crippen LogP contribution in [0.1, 0.15) is 38.7 Å². The Morgan fingerprint density at radius 3 is 2.76 bits per heavy atom. The monoisotopic (exact) mass is 356 g/mol. The minimum atomic E-state index is -0.0705. The summed E-state index contributed by atoms with van der Waals surface area (Å²) in [5, 5.41) is 6.20. The molecule has 0 aliphatic carbocycles. The van der Waals surface area contributed by atoms with Gasteiger partial charge in [-0.15, -0.1) is 0 Å². The SMILES string of the molecule is CCCCNC(=O)COc1ccc(Br)cc1CNCCC. The van der Waals surface area contributed by atoms with Crippen molar-refractivity contribution in [1.82, 2.24) is 10.6 Å². The first-order chi connectivity index (χ1) is 10.2. The molecule has 0 aromatic heterocycles. The first-order valence-electron chi connectivity index (χ1n) is 7.56. The quantitative estimate of drug-likeness (QED) is 0.632. The molecule has 0 fully saturated rings. The molecular weight excluding hydrogens is 332 g/mol. The smallest absolute Gasteiger partial charge is 0.257 e. The lowest BCUT2D eigenvalue weighted by Gasteiger charge is -2.12. The zero-order valence-corrected chi connectivity index (χ0v) is 14.5. The maximum atomic E-state index is 11.7. The molecule has 1 amide bonds. The Kier molecular flexibility index (Phi) is 9.10. The second-order valence-corrected chi connectivity index (χ2v) is 5.84. The van der Waals surface area contributed by atoms with Crippen molar-refractivity contribution in [3.63, 3.8) is 0 Å². The average Bonchev–Trinajstić information content (AvgIpc) is 2.47. The summed E-state index contributed by atoms with van der Waals surface area (Å²) < 4.78 is 6.65. The Hall–Kier alpha value is -1.07. The Labute approximate surface area is 135 Å². The zero-order valence-electron chi connectivity index (χ0n) is 12.9. The number of carbonyl (C=O) groups is 1. The van der Waals surface area contributed by atoms with Gasteiger partial charge in [0.25, 0.3) is 5.91 Å². The topological polar surface area (TPSA) is 50.4 Å². The van der Waals surface area contributed by atoms with E-state index in [1.54, 1.807) is 0 Å². The van der Waals surface area contributed by atoms with E-state index in [1.807, 2.05) is 18.2 Å². The van der Waals surface area contributed by atoms with Crippen LogP contribution in [0.15, 0.2) is 22.7 Å². The normalized spacial score (nSPS) is 10.4. The van der Waals surface area contributed by atoms with E-state index in [-0.39, 0.29) is 12.5 Å². The summed E-state index contributed by atoms with van der Waals surface area (Å²) in [4.78, 5) is 11.7. The van der Waals surface area contributed by atoms with E-state index in [9.17, 15) is 4.79 Å². The van der Waals surface area contributed by atoms with Crippen molar-refractivity contribution in [3.8, 4) is 5.75 Å². The number of unbranched alkanes of at least 4 members (excludes halogenated alkanes) is 1. The van der Waals surface area contributed by atoms with Gasteiger partial charge in [-0.3, -0.25) is 4.79 Å². The van der Waals surface area contributed by atoms with Crippen LogP contribution in [0.25, 0.3) is 0 Å². The lowest BCUT2D eigenvalue weighted by molar-refractivity contribution is -0.123. The van der Waals surface area contributed by atoms with Crippen molar-refractivity contribution < 1.29 is 9.53 Å². The van der Waals surface area contributed by atoms with Crippen molar-refractivity contribution >= 4 is 21.8 Å². The van der Waals surface area contributed by atoms with Gasteiger partial charge in [0.1, 0.15) is 5.75 Å². The molecule has 1 rings (SSSR count). The number of carbonyl (C=O) groups excluding carboxylic acids is 1. The van der Waals surface area contributed by atoms with Gasteiger partial charge in [0.15, 0.2) is 6.61 Å². The van der Waals surface area contributed by atoms with Crippen molar-refractivity contribution in [2.45, 2.75) is 39.7 Å². The highest BCUT2D eigenvalue weighted by molar-refractivity contribution is 9.10. The number of hydrogen-bond acceptors (Lipinski definition) is 3. The highest BCUT2D eigenvalue weighted by Crippen LogP contribution is 2.23. The summed E-state index contributed by atoms with van der Waals surface area (Å²) in [6.07, 6.45) is 3.15. The highest BCUT2D eigenvalue weighted by Gasteiger charge is 2.07. The number of amides is 1. The number of benzene rings is 1. The molecular formula is C16H25BrN2O2. The van der Waals surface area contributed by atoms with Crippen LogP contribution >= 0.6 is 15.9 Å². The van der Waals surface area contributed by atoms with Crippen molar-refractivity contribution in [1.29, 1.82) is 0 Å². The minimum absolute atomic E-state index is 0.0616. The fourth-order valence-corrected chi connectivity index (χ4v) is 2.23.